The molecule has 0 aliphatic carbocycles. The fourth-order valence-corrected chi connectivity index (χ4v) is 6.91. The minimum Gasteiger partial charge on any atom is -0.268 e. The Bertz CT molecular complexity index is 2280. The van der Waals surface area contributed by atoms with Gasteiger partial charge >= 0.3 is 0 Å². The molecule has 0 amide bonds. The van der Waals surface area contributed by atoms with Crippen LogP contribution in [0.15, 0.2) is 87.4 Å². The van der Waals surface area contributed by atoms with Crippen LogP contribution in [0.4, 0.5) is 0 Å². The third-order valence-electron chi connectivity index (χ3n) is 7.18. The van der Waals surface area contributed by atoms with E-state index < -0.39 is 0 Å². The average Bonchev–Trinajstić information content (AvgIpc) is 2.92. The van der Waals surface area contributed by atoms with Crippen LogP contribution in [0.1, 0.15) is 11.1 Å². The molecule has 0 radical (unpaired) electrons. The number of nitrogens with zero attached hydrogens (tertiary/aromatic N) is 4. The van der Waals surface area contributed by atoms with Crippen LogP contribution < -0.4 is 5.56 Å². The highest BCUT2D eigenvalue weighted by Crippen LogP contribution is 2.52. The Balaban J connectivity index is 1.74. The van der Waals surface area contributed by atoms with Gasteiger partial charge in [0.15, 0.2) is 0 Å². The van der Waals surface area contributed by atoms with E-state index in [1.165, 1.54) is 11.8 Å². The minimum atomic E-state index is -0.217. The van der Waals surface area contributed by atoms with Crippen molar-refractivity contribution < 1.29 is 0 Å². The number of fused-ring (bicyclic) bond motifs is 5. The molecule has 0 atom stereocenters. The molecule has 0 fully saturated rings. The SMILES string of the molecule is N#Cc1cc2c3c4c1Sc1ccccc1-c4c(C#N)cc3c(=O)n1c3cccc4cccc(nc21)c43. The lowest BCUT2D eigenvalue weighted by Gasteiger charge is -2.24. The molecule has 0 unspecified atom stereocenters. The van der Waals surface area contributed by atoms with Gasteiger partial charge in [-0.2, -0.15) is 10.5 Å². The van der Waals surface area contributed by atoms with Gasteiger partial charge in [0, 0.05) is 36.9 Å². The van der Waals surface area contributed by atoms with E-state index in [0.717, 1.165) is 58.9 Å². The van der Waals surface area contributed by atoms with Crippen LogP contribution in [-0.2, 0) is 0 Å². The molecule has 0 bridgehead atoms. The summed E-state index contributed by atoms with van der Waals surface area (Å²) in [7, 11) is 0. The maximum atomic E-state index is 14.1. The van der Waals surface area contributed by atoms with Crippen molar-refractivity contribution in [3.63, 3.8) is 0 Å². The van der Waals surface area contributed by atoms with Gasteiger partial charge < -0.3 is 0 Å². The van der Waals surface area contributed by atoms with Gasteiger partial charge in [-0.1, -0.05) is 54.2 Å². The van der Waals surface area contributed by atoms with Crippen molar-refractivity contribution in [2.24, 2.45) is 0 Å². The molecule has 6 heteroatoms. The van der Waals surface area contributed by atoms with Gasteiger partial charge in [-0.15, -0.1) is 0 Å². The molecule has 0 spiro atoms. The Morgan fingerprint density at radius 1 is 0.806 bits per heavy atom. The van der Waals surface area contributed by atoms with Gasteiger partial charge in [0.25, 0.3) is 5.56 Å². The zero-order valence-electron chi connectivity index (χ0n) is 18.5. The topological polar surface area (TPSA) is 82.0 Å². The van der Waals surface area contributed by atoms with Crippen molar-refractivity contribution in [1.82, 2.24) is 9.38 Å². The van der Waals surface area contributed by atoms with Crippen molar-refractivity contribution >= 4 is 60.8 Å². The molecule has 164 valence electrons. The number of nitriles is 2. The van der Waals surface area contributed by atoms with Crippen molar-refractivity contribution in [2.75, 3.05) is 0 Å². The van der Waals surface area contributed by atoms with E-state index in [4.69, 9.17) is 4.98 Å². The summed E-state index contributed by atoms with van der Waals surface area (Å²) >= 11 is 1.52. The molecule has 7 aromatic rings. The van der Waals surface area contributed by atoms with Crippen molar-refractivity contribution in [3.05, 3.63) is 94.3 Å². The Morgan fingerprint density at radius 2 is 1.58 bits per heavy atom. The maximum absolute atomic E-state index is 14.1. The third kappa shape index (κ3) is 2.20. The highest BCUT2D eigenvalue weighted by molar-refractivity contribution is 7.99. The first kappa shape index (κ1) is 19.4. The van der Waals surface area contributed by atoms with E-state index in [9.17, 15) is 15.3 Å². The molecule has 5 nitrogen and oxygen atoms in total. The van der Waals surface area contributed by atoms with E-state index in [1.54, 1.807) is 10.5 Å². The second kappa shape index (κ2) is 6.60. The lowest BCUT2D eigenvalue weighted by molar-refractivity contribution is 1.15. The van der Waals surface area contributed by atoms with E-state index in [2.05, 4.69) is 12.1 Å². The van der Waals surface area contributed by atoms with Gasteiger partial charge in [0.1, 0.15) is 11.7 Å². The monoisotopic (exact) mass is 476 g/mol. The molecule has 0 N–H and O–H groups in total. The Morgan fingerprint density at radius 3 is 2.42 bits per heavy atom. The summed E-state index contributed by atoms with van der Waals surface area (Å²) in [6.45, 7) is 0. The quantitative estimate of drug-likeness (QED) is 0.181. The zero-order valence-corrected chi connectivity index (χ0v) is 19.4. The normalized spacial score (nSPS) is 12.4. The van der Waals surface area contributed by atoms with Crippen LogP contribution >= 0.6 is 11.8 Å². The zero-order chi connectivity index (χ0) is 24.1. The van der Waals surface area contributed by atoms with Crippen LogP contribution in [0.5, 0.6) is 0 Å². The third-order valence-corrected chi connectivity index (χ3v) is 8.38. The van der Waals surface area contributed by atoms with Gasteiger partial charge in [0.2, 0.25) is 0 Å². The fourth-order valence-electron chi connectivity index (χ4n) is 5.75. The molecule has 1 aliphatic heterocycles. The summed E-state index contributed by atoms with van der Waals surface area (Å²) in [5.74, 6) is 0. The van der Waals surface area contributed by atoms with E-state index >= 15 is 0 Å². The summed E-state index contributed by atoms with van der Waals surface area (Å²) in [6.07, 6.45) is 0. The second-order valence-electron chi connectivity index (χ2n) is 8.95. The van der Waals surface area contributed by atoms with Gasteiger partial charge in [-0.05, 0) is 41.3 Å². The molecule has 3 heterocycles. The Labute approximate surface area is 207 Å². The summed E-state index contributed by atoms with van der Waals surface area (Å²) in [5, 5.41) is 25.0. The molecule has 0 saturated carbocycles. The molecule has 2 aromatic heterocycles. The molecule has 36 heavy (non-hydrogen) atoms. The molecule has 1 aliphatic rings. The lowest BCUT2D eigenvalue weighted by atomic mass is 9.88. The van der Waals surface area contributed by atoms with E-state index in [1.807, 2.05) is 66.7 Å². The van der Waals surface area contributed by atoms with E-state index in [-0.39, 0.29) is 5.56 Å². The average molecular weight is 477 g/mol. The number of aromatic nitrogens is 2. The van der Waals surface area contributed by atoms with Crippen LogP contribution in [0.2, 0.25) is 0 Å². The smallest absolute Gasteiger partial charge is 0.264 e. The summed E-state index contributed by atoms with van der Waals surface area (Å²) in [6, 6.07) is 27.9. The Kier molecular flexibility index (Phi) is 3.56. The highest BCUT2D eigenvalue weighted by Gasteiger charge is 2.29. The molecular weight excluding hydrogens is 464 g/mol. The summed E-state index contributed by atoms with van der Waals surface area (Å²) in [5.41, 5.74) is 4.50. The van der Waals surface area contributed by atoms with Crippen molar-refractivity contribution in [2.45, 2.75) is 9.79 Å². The number of hydrogen-bond acceptors (Lipinski definition) is 5. The van der Waals surface area contributed by atoms with Gasteiger partial charge in [0.05, 0.1) is 33.6 Å². The number of benzene rings is 5. The van der Waals surface area contributed by atoms with Crippen LogP contribution in [0.25, 0.3) is 60.1 Å². The molecular formula is C30H12N4OS. The second-order valence-corrected chi connectivity index (χ2v) is 10.00. The van der Waals surface area contributed by atoms with Crippen LogP contribution in [0, 0.1) is 22.7 Å². The first-order valence-electron chi connectivity index (χ1n) is 11.4. The first-order valence-corrected chi connectivity index (χ1v) is 12.2. The highest BCUT2D eigenvalue weighted by atomic mass is 32.2. The number of rotatable bonds is 0. The largest absolute Gasteiger partial charge is 0.268 e. The van der Waals surface area contributed by atoms with Gasteiger partial charge in [-0.3, -0.25) is 9.20 Å². The lowest BCUT2D eigenvalue weighted by Crippen LogP contribution is -2.17. The van der Waals surface area contributed by atoms with Crippen molar-refractivity contribution in [1.29, 1.82) is 10.5 Å². The van der Waals surface area contributed by atoms with Crippen LogP contribution in [-0.4, -0.2) is 9.38 Å². The Hall–Kier alpha value is -4.91. The summed E-state index contributed by atoms with van der Waals surface area (Å²) in [4.78, 5) is 20.9. The fraction of sp³-hybridized carbons (Fsp3) is 0. The van der Waals surface area contributed by atoms with Crippen molar-refractivity contribution in [3.8, 4) is 23.3 Å². The maximum Gasteiger partial charge on any atom is 0.264 e. The molecule has 8 rings (SSSR count). The van der Waals surface area contributed by atoms with E-state index in [0.29, 0.717) is 22.2 Å². The predicted molar refractivity (Wildman–Crippen MR) is 142 cm³/mol. The molecule has 5 aromatic carbocycles. The summed E-state index contributed by atoms with van der Waals surface area (Å²) < 4.78 is 1.64. The van der Waals surface area contributed by atoms with Gasteiger partial charge in [-0.25, -0.2) is 4.98 Å². The number of hydrogen-bond donors (Lipinski definition) is 0. The molecule has 0 saturated heterocycles. The first-order chi connectivity index (χ1) is 17.7. The number of pyridine rings is 1. The standard InChI is InChI=1S/C30H12N4OS/c31-13-16-11-20-26-19(12-17(14-32)28-27(26)24(16)18-7-1-2-10-23(18)36-28)29-33-21-8-3-5-15-6-4-9-22(25(15)21)34(29)30(20)35/h1-12H. The predicted octanol–water partition coefficient (Wildman–Crippen LogP) is 6.62. The minimum absolute atomic E-state index is 0.217. The van der Waals surface area contributed by atoms with Crippen LogP contribution in [0.3, 0.4) is 0 Å².